The van der Waals surface area contributed by atoms with Crippen LogP contribution < -0.4 is 9.47 Å². The van der Waals surface area contributed by atoms with E-state index in [4.69, 9.17) is 9.47 Å². The fourth-order valence-electron chi connectivity index (χ4n) is 4.62. The van der Waals surface area contributed by atoms with Crippen LogP contribution in [0.1, 0.15) is 31.9 Å². The monoisotopic (exact) mass is 405 g/mol. The van der Waals surface area contributed by atoms with E-state index >= 15 is 0 Å². The highest BCUT2D eigenvalue weighted by molar-refractivity contribution is 7.89. The number of nitrogens with zero attached hydrogens (tertiary/aromatic N) is 3. The Bertz CT molecular complexity index is 956. The van der Waals surface area contributed by atoms with Crippen molar-refractivity contribution < 1.29 is 17.9 Å². The first-order chi connectivity index (χ1) is 13.5. The third-order valence-electron chi connectivity index (χ3n) is 6.05. The van der Waals surface area contributed by atoms with Crippen LogP contribution >= 0.6 is 0 Å². The predicted octanol–water partition coefficient (Wildman–Crippen LogP) is 2.84. The van der Waals surface area contributed by atoms with E-state index < -0.39 is 10.0 Å². The van der Waals surface area contributed by atoms with Gasteiger partial charge in [-0.25, -0.2) is 8.42 Å². The standard InChI is InChI=1S/C20H27N3O4S/c1-4-22-14(2)20(12-21-22)28(24,25)23-16-9-8-15(10-16)19(23)13-27-18-7-5-6-17(11-18)26-3/h5-7,11-12,15-16,19H,4,8-10,13H2,1-3H3/t15-,16-,19-/m1/s1. The molecule has 28 heavy (non-hydrogen) atoms. The quantitative estimate of drug-likeness (QED) is 0.708. The highest BCUT2D eigenvalue weighted by Crippen LogP contribution is 2.45. The first-order valence-corrected chi connectivity index (χ1v) is 11.2. The maximum absolute atomic E-state index is 13.5. The van der Waals surface area contributed by atoms with Gasteiger partial charge in [0.15, 0.2) is 0 Å². The molecule has 3 atom stereocenters. The second-order valence-electron chi connectivity index (χ2n) is 7.53. The average Bonchev–Trinajstić information content (AvgIpc) is 3.40. The van der Waals surface area contributed by atoms with Crippen molar-refractivity contribution in [3.63, 3.8) is 0 Å². The molecule has 1 aromatic carbocycles. The van der Waals surface area contributed by atoms with E-state index in [0.29, 0.717) is 35.4 Å². The summed E-state index contributed by atoms with van der Waals surface area (Å²) in [6.07, 6.45) is 4.36. The van der Waals surface area contributed by atoms with E-state index in [1.165, 1.54) is 6.20 Å². The first-order valence-electron chi connectivity index (χ1n) is 9.78. The van der Waals surface area contributed by atoms with Crippen LogP contribution in [0.3, 0.4) is 0 Å². The van der Waals surface area contributed by atoms with Crippen molar-refractivity contribution in [2.75, 3.05) is 13.7 Å². The normalized spacial score (nSPS) is 24.6. The summed E-state index contributed by atoms with van der Waals surface area (Å²) >= 11 is 0. The fraction of sp³-hybridized carbons (Fsp3) is 0.550. The Hall–Kier alpha value is -2.06. The van der Waals surface area contributed by atoms with Gasteiger partial charge in [0.1, 0.15) is 23.0 Å². The molecule has 1 saturated carbocycles. The molecule has 1 aromatic heterocycles. The molecule has 152 valence electrons. The average molecular weight is 406 g/mol. The zero-order valence-corrected chi connectivity index (χ0v) is 17.4. The van der Waals surface area contributed by atoms with Gasteiger partial charge in [-0.15, -0.1) is 0 Å². The Morgan fingerprint density at radius 2 is 2.04 bits per heavy atom. The van der Waals surface area contributed by atoms with Crippen LogP contribution in [0.4, 0.5) is 0 Å². The third-order valence-corrected chi connectivity index (χ3v) is 8.13. The van der Waals surface area contributed by atoms with E-state index in [9.17, 15) is 8.42 Å². The second-order valence-corrected chi connectivity index (χ2v) is 9.34. The number of methoxy groups -OCH3 is 1. The summed E-state index contributed by atoms with van der Waals surface area (Å²) in [5, 5.41) is 4.24. The highest BCUT2D eigenvalue weighted by atomic mass is 32.2. The van der Waals surface area contributed by atoms with Crippen molar-refractivity contribution in [3.05, 3.63) is 36.2 Å². The van der Waals surface area contributed by atoms with Crippen molar-refractivity contribution in [1.82, 2.24) is 14.1 Å². The summed E-state index contributed by atoms with van der Waals surface area (Å²) in [5.74, 6) is 1.75. The second kappa shape index (κ2) is 7.40. The topological polar surface area (TPSA) is 73.7 Å². The number of fused-ring (bicyclic) bond motifs is 2. The third kappa shape index (κ3) is 3.18. The molecule has 8 heteroatoms. The van der Waals surface area contributed by atoms with Gasteiger partial charge in [-0.1, -0.05) is 6.07 Å². The molecule has 2 bridgehead atoms. The number of ether oxygens (including phenoxy) is 2. The summed E-state index contributed by atoms with van der Waals surface area (Å²) < 4.78 is 41.6. The summed E-state index contributed by atoms with van der Waals surface area (Å²) in [5.41, 5.74) is 0.692. The molecule has 0 radical (unpaired) electrons. The lowest BCUT2D eigenvalue weighted by molar-refractivity contribution is 0.162. The van der Waals surface area contributed by atoms with Gasteiger partial charge in [0.05, 0.1) is 25.0 Å². The molecule has 0 spiro atoms. The number of sulfonamides is 1. The summed E-state index contributed by atoms with van der Waals surface area (Å²) in [6.45, 7) is 4.77. The van der Waals surface area contributed by atoms with Gasteiger partial charge < -0.3 is 9.47 Å². The van der Waals surface area contributed by atoms with Crippen LogP contribution in [0, 0.1) is 12.8 Å². The molecule has 2 fully saturated rings. The van der Waals surface area contributed by atoms with Crippen molar-refractivity contribution in [2.24, 2.45) is 5.92 Å². The smallest absolute Gasteiger partial charge is 0.247 e. The molecule has 1 saturated heterocycles. The molecule has 2 heterocycles. The minimum atomic E-state index is -3.61. The van der Waals surface area contributed by atoms with Crippen LogP contribution in [-0.4, -0.2) is 48.3 Å². The van der Waals surface area contributed by atoms with E-state index in [1.54, 1.807) is 16.1 Å². The van der Waals surface area contributed by atoms with Crippen LogP contribution in [-0.2, 0) is 16.6 Å². The molecule has 0 N–H and O–H groups in total. The fourth-order valence-corrected chi connectivity index (χ4v) is 6.68. The highest BCUT2D eigenvalue weighted by Gasteiger charge is 2.52. The van der Waals surface area contributed by atoms with Crippen molar-refractivity contribution in [3.8, 4) is 11.5 Å². The molecule has 0 amide bonds. The minimum absolute atomic E-state index is 0.0540. The van der Waals surface area contributed by atoms with Gasteiger partial charge in [-0.05, 0) is 51.2 Å². The molecule has 2 aliphatic rings. The van der Waals surface area contributed by atoms with Crippen LogP contribution in [0.5, 0.6) is 11.5 Å². The molecule has 0 unspecified atom stereocenters. The molecular formula is C20H27N3O4S. The van der Waals surface area contributed by atoms with E-state index in [-0.39, 0.29) is 12.1 Å². The van der Waals surface area contributed by atoms with Crippen LogP contribution in [0.15, 0.2) is 35.4 Å². The lowest BCUT2D eigenvalue weighted by atomic mass is 10.0. The Labute approximate surface area is 166 Å². The maximum Gasteiger partial charge on any atom is 0.247 e. The zero-order valence-electron chi connectivity index (χ0n) is 16.5. The van der Waals surface area contributed by atoms with Gasteiger partial charge >= 0.3 is 0 Å². The number of aromatic nitrogens is 2. The molecule has 2 aromatic rings. The van der Waals surface area contributed by atoms with Gasteiger partial charge in [0.2, 0.25) is 10.0 Å². The van der Waals surface area contributed by atoms with E-state index in [1.807, 2.05) is 38.1 Å². The van der Waals surface area contributed by atoms with Crippen molar-refractivity contribution in [2.45, 2.75) is 56.6 Å². The molecule has 1 aliphatic heterocycles. The number of piperidine rings is 1. The number of benzene rings is 1. The largest absolute Gasteiger partial charge is 0.497 e. The Kier molecular flexibility index (Phi) is 5.09. The number of rotatable bonds is 7. The zero-order chi connectivity index (χ0) is 19.9. The lowest BCUT2D eigenvalue weighted by Crippen LogP contribution is -2.47. The number of aryl methyl sites for hydroxylation is 1. The molecule has 1 aliphatic carbocycles. The van der Waals surface area contributed by atoms with Crippen LogP contribution in [0.25, 0.3) is 0 Å². The van der Waals surface area contributed by atoms with Crippen molar-refractivity contribution >= 4 is 10.0 Å². The minimum Gasteiger partial charge on any atom is -0.497 e. The summed E-state index contributed by atoms with van der Waals surface area (Å²) in [7, 11) is -2.00. The van der Waals surface area contributed by atoms with Crippen LogP contribution in [0.2, 0.25) is 0 Å². The SMILES string of the molecule is CCn1ncc(S(=O)(=O)N2[C@@H]3CC[C@H](C3)[C@H]2COc2cccc(OC)c2)c1C. The van der Waals surface area contributed by atoms with Crippen molar-refractivity contribution in [1.29, 1.82) is 0 Å². The predicted molar refractivity (Wildman–Crippen MR) is 105 cm³/mol. The lowest BCUT2D eigenvalue weighted by Gasteiger charge is -2.34. The molecular weight excluding hydrogens is 378 g/mol. The van der Waals surface area contributed by atoms with Gasteiger partial charge in [-0.2, -0.15) is 9.40 Å². The Morgan fingerprint density at radius 1 is 1.25 bits per heavy atom. The maximum atomic E-state index is 13.5. The summed E-state index contributed by atoms with van der Waals surface area (Å²) in [6, 6.07) is 7.31. The van der Waals surface area contributed by atoms with E-state index in [0.717, 1.165) is 25.0 Å². The Morgan fingerprint density at radius 3 is 2.75 bits per heavy atom. The number of hydrogen-bond acceptors (Lipinski definition) is 5. The number of hydrogen-bond donors (Lipinski definition) is 0. The van der Waals surface area contributed by atoms with Gasteiger partial charge in [0, 0.05) is 18.7 Å². The van der Waals surface area contributed by atoms with Gasteiger partial charge in [0.25, 0.3) is 0 Å². The van der Waals surface area contributed by atoms with Gasteiger partial charge in [-0.3, -0.25) is 4.68 Å². The first kappa shape index (κ1) is 19.3. The van der Waals surface area contributed by atoms with E-state index in [2.05, 4.69) is 5.10 Å². The molecule has 7 nitrogen and oxygen atoms in total. The summed E-state index contributed by atoms with van der Waals surface area (Å²) in [4.78, 5) is 0.313. The Balaban J connectivity index is 1.59. The molecule has 4 rings (SSSR count).